The lowest BCUT2D eigenvalue weighted by atomic mass is 10.2. The third-order valence-corrected chi connectivity index (χ3v) is 1.29. The Morgan fingerprint density at radius 1 is 1.45 bits per heavy atom. The molecule has 2 nitrogen and oxygen atoms in total. The van der Waals surface area contributed by atoms with Crippen molar-refractivity contribution in [3.05, 3.63) is 29.6 Å². The molecule has 0 fully saturated rings. The van der Waals surface area contributed by atoms with Gasteiger partial charge in [0.2, 0.25) is 0 Å². The molecule has 11 heavy (non-hydrogen) atoms. The summed E-state index contributed by atoms with van der Waals surface area (Å²) in [6.07, 6.45) is 0. The summed E-state index contributed by atoms with van der Waals surface area (Å²) in [5.74, 6) is -0.965. The summed E-state index contributed by atoms with van der Waals surface area (Å²) in [5.41, 5.74) is 5.62. The fraction of sp³-hybridized carbons (Fsp3) is 0.143. The van der Waals surface area contributed by atoms with Gasteiger partial charge in [-0.05, 0) is 6.07 Å². The van der Waals surface area contributed by atoms with E-state index in [1.54, 1.807) is 6.07 Å². The van der Waals surface area contributed by atoms with Crippen LogP contribution in [-0.4, -0.2) is 5.11 Å². The molecule has 1 aromatic rings. The highest BCUT2D eigenvalue weighted by Gasteiger charge is 2.02. The number of nitrogens with two attached hydrogens (primary N) is 1. The Morgan fingerprint density at radius 3 is 2.55 bits per heavy atom. The van der Waals surface area contributed by atoms with E-state index in [0.29, 0.717) is 5.56 Å². The Bertz CT molecular complexity index is 242. The first-order valence-corrected chi connectivity index (χ1v) is 2.92. The normalized spacial score (nSPS) is 8.91. The van der Waals surface area contributed by atoms with Crippen LogP contribution >= 0.6 is 12.4 Å². The number of halogens is 2. The van der Waals surface area contributed by atoms with Crippen LogP contribution in [0.4, 0.5) is 4.39 Å². The highest BCUT2D eigenvalue weighted by atomic mass is 35.5. The van der Waals surface area contributed by atoms with Crippen LogP contribution in [0.2, 0.25) is 0 Å². The van der Waals surface area contributed by atoms with Gasteiger partial charge in [-0.15, -0.1) is 12.4 Å². The zero-order valence-electron chi connectivity index (χ0n) is 5.75. The van der Waals surface area contributed by atoms with Crippen LogP contribution in [0, 0.1) is 5.82 Å². The van der Waals surface area contributed by atoms with Crippen LogP contribution in [0.1, 0.15) is 5.56 Å². The lowest BCUT2D eigenvalue weighted by Crippen LogP contribution is -1.97. The van der Waals surface area contributed by atoms with Crippen molar-refractivity contribution in [3.8, 4) is 5.75 Å². The van der Waals surface area contributed by atoms with Crippen molar-refractivity contribution in [2.45, 2.75) is 6.54 Å². The van der Waals surface area contributed by atoms with Crippen LogP contribution in [0.5, 0.6) is 5.75 Å². The molecule has 0 atom stereocenters. The van der Waals surface area contributed by atoms with Crippen LogP contribution in [0.3, 0.4) is 0 Å². The van der Waals surface area contributed by atoms with E-state index in [-0.39, 0.29) is 24.7 Å². The number of phenolic OH excluding ortho intramolecular Hbond substituents is 1. The minimum absolute atomic E-state index is 0. The zero-order chi connectivity index (χ0) is 7.56. The summed E-state index contributed by atoms with van der Waals surface area (Å²) in [4.78, 5) is 0. The van der Waals surface area contributed by atoms with Gasteiger partial charge in [0.25, 0.3) is 0 Å². The summed E-state index contributed by atoms with van der Waals surface area (Å²) < 4.78 is 12.5. The SMILES string of the molecule is Cl.NCc1cccc(F)c1O. The molecule has 0 unspecified atom stereocenters. The largest absolute Gasteiger partial charge is 0.505 e. The molecule has 0 aliphatic carbocycles. The van der Waals surface area contributed by atoms with Crippen molar-refractivity contribution in [1.29, 1.82) is 0 Å². The topological polar surface area (TPSA) is 46.2 Å². The molecule has 0 amide bonds. The van der Waals surface area contributed by atoms with Crippen molar-refractivity contribution in [2.75, 3.05) is 0 Å². The molecule has 0 saturated carbocycles. The number of benzene rings is 1. The minimum Gasteiger partial charge on any atom is -0.505 e. The highest BCUT2D eigenvalue weighted by molar-refractivity contribution is 5.85. The maximum absolute atomic E-state index is 12.5. The van der Waals surface area contributed by atoms with Crippen molar-refractivity contribution in [2.24, 2.45) is 5.73 Å². The monoisotopic (exact) mass is 177 g/mol. The van der Waals surface area contributed by atoms with Gasteiger partial charge in [-0.1, -0.05) is 12.1 Å². The molecular weight excluding hydrogens is 169 g/mol. The number of para-hydroxylation sites is 1. The number of hydrogen-bond donors (Lipinski definition) is 2. The average Bonchev–Trinajstić information content (AvgIpc) is 1.95. The van der Waals surface area contributed by atoms with Gasteiger partial charge in [0.05, 0.1) is 0 Å². The van der Waals surface area contributed by atoms with E-state index in [2.05, 4.69) is 0 Å². The Labute approximate surface area is 70.2 Å². The van der Waals surface area contributed by atoms with Crippen molar-refractivity contribution in [1.82, 2.24) is 0 Å². The Balaban J connectivity index is 0.000001000. The minimum atomic E-state index is -0.622. The lowest BCUT2D eigenvalue weighted by molar-refractivity contribution is 0.426. The summed E-state index contributed by atoms with van der Waals surface area (Å²) in [6, 6.07) is 4.28. The fourth-order valence-electron chi connectivity index (χ4n) is 0.725. The number of rotatable bonds is 1. The van der Waals surface area contributed by atoms with Crippen molar-refractivity contribution < 1.29 is 9.50 Å². The van der Waals surface area contributed by atoms with Gasteiger partial charge in [-0.2, -0.15) is 0 Å². The van der Waals surface area contributed by atoms with E-state index in [1.165, 1.54) is 12.1 Å². The molecule has 1 rings (SSSR count). The summed E-state index contributed by atoms with van der Waals surface area (Å²) >= 11 is 0. The smallest absolute Gasteiger partial charge is 0.165 e. The number of hydrogen-bond acceptors (Lipinski definition) is 2. The second-order valence-electron chi connectivity index (χ2n) is 1.95. The predicted molar refractivity (Wildman–Crippen MR) is 43.2 cm³/mol. The molecule has 0 aliphatic heterocycles. The maximum atomic E-state index is 12.5. The first-order chi connectivity index (χ1) is 4.75. The highest BCUT2D eigenvalue weighted by Crippen LogP contribution is 2.19. The van der Waals surface area contributed by atoms with E-state index >= 15 is 0 Å². The van der Waals surface area contributed by atoms with Gasteiger partial charge >= 0.3 is 0 Å². The molecule has 0 heterocycles. The predicted octanol–water partition coefficient (Wildman–Crippen LogP) is 1.41. The van der Waals surface area contributed by atoms with E-state index in [1.807, 2.05) is 0 Å². The second-order valence-corrected chi connectivity index (χ2v) is 1.95. The van der Waals surface area contributed by atoms with Crippen LogP contribution in [0.15, 0.2) is 18.2 Å². The van der Waals surface area contributed by atoms with Crippen LogP contribution < -0.4 is 5.73 Å². The van der Waals surface area contributed by atoms with Crippen LogP contribution in [0.25, 0.3) is 0 Å². The van der Waals surface area contributed by atoms with E-state index in [0.717, 1.165) is 0 Å². The average molecular weight is 178 g/mol. The van der Waals surface area contributed by atoms with E-state index < -0.39 is 5.82 Å². The molecule has 4 heteroatoms. The molecule has 3 N–H and O–H groups in total. The summed E-state index contributed by atoms with van der Waals surface area (Å²) in [5, 5.41) is 8.94. The number of aromatic hydroxyl groups is 1. The molecular formula is C7H9ClFNO. The molecule has 0 spiro atoms. The molecule has 0 aromatic heterocycles. The van der Waals surface area contributed by atoms with E-state index in [9.17, 15) is 4.39 Å². The standard InChI is InChI=1S/C7H8FNO.ClH/c8-6-3-1-2-5(4-9)7(6)10;/h1-3,10H,4,9H2;1H. The molecule has 62 valence electrons. The van der Waals surface area contributed by atoms with Gasteiger partial charge in [0.15, 0.2) is 11.6 Å². The van der Waals surface area contributed by atoms with Crippen molar-refractivity contribution >= 4 is 12.4 Å². The summed E-state index contributed by atoms with van der Waals surface area (Å²) in [7, 11) is 0. The van der Waals surface area contributed by atoms with Gasteiger partial charge < -0.3 is 10.8 Å². The number of phenols is 1. The van der Waals surface area contributed by atoms with E-state index in [4.69, 9.17) is 10.8 Å². The van der Waals surface area contributed by atoms with Crippen LogP contribution in [-0.2, 0) is 6.54 Å². The first kappa shape index (κ1) is 10.2. The molecule has 0 bridgehead atoms. The maximum Gasteiger partial charge on any atom is 0.165 e. The van der Waals surface area contributed by atoms with Crippen molar-refractivity contribution in [3.63, 3.8) is 0 Å². The quantitative estimate of drug-likeness (QED) is 0.682. The van der Waals surface area contributed by atoms with Gasteiger partial charge in [-0.25, -0.2) is 4.39 Å². The van der Waals surface area contributed by atoms with Gasteiger partial charge in [0, 0.05) is 12.1 Å². The molecule has 0 aliphatic rings. The molecule has 0 saturated heterocycles. The third-order valence-electron chi connectivity index (χ3n) is 1.29. The molecule has 0 radical (unpaired) electrons. The van der Waals surface area contributed by atoms with Gasteiger partial charge in [0.1, 0.15) is 0 Å². The third kappa shape index (κ3) is 2.06. The van der Waals surface area contributed by atoms with Gasteiger partial charge in [-0.3, -0.25) is 0 Å². The lowest BCUT2D eigenvalue weighted by Gasteiger charge is -1.99. The Kier molecular flexibility index (Phi) is 3.85. The zero-order valence-corrected chi connectivity index (χ0v) is 6.57. The first-order valence-electron chi connectivity index (χ1n) is 2.92. The fourth-order valence-corrected chi connectivity index (χ4v) is 0.725. The Morgan fingerprint density at radius 2 is 2.09 bits per heavy atom. The second kappa shape index (κ2) is 4.16. The Hall–Kier alpha value is -0.800. The molecule has 1 aromatic carbocycles. The summed E-state index contributed by atoms with van der Waals surface area (Å²) in [6.45, 7) is 0.156.